The van der Waals surface area contributed by atoms with Crippen LogP contribution in [0.1, 0.15) is 11.5 Å². The Bertz CT molecular complexity index is 1560. The first-order chi connectivity index (χ1) is 17.7. The van der Waals surface area contributed by atoms with Crippen molar-refractivity contribution < 1.29 is 58.3 Å². The second-order valence-electron chi connectivity index (χ2n) is 7.45. The number of anilines is 1. The number of thiocarbonyl (C=S) groups is 1. The second-order valence-corrected chi connectivity index (χ2v) is 9.85. The molecule has 190 valence electrons. The summed E-state index contributed by atoms with van der Waals surface area (Å²) in [6.07, 6.45) is 0. The van der Waals surface area contributed by atoms with Crippen LogP contribution in [-0.2, 0) is 19.2 Å². The maximum Gasteiger partial charge on any atom is 1.00 e. The molecular formula is C19H13FN9NaO5S3. The number of thioether (sulfide) groups is 1. The number of oxime groups is 1. The van der Waals surface area contributed by atoms with Crippen LogP contribution in [0.5, 0.6) is 0 Å². The molecule has 0 spiro atoms. The molecule has 0 aliphatic carbocycles. The summed E-state index contributed by atoms with van der Waals surface area (Å²) in [4.78, 5) is 47.6. The average molecular weight is 586 g/mol. The van der Waals surface area contributed by atoms with Gasteiger partial charge in [0.2, 0.25) is 5.95 Å². The van der Waals surface area contributed by atoms with Crippen molar-refractivity contribution in [2.24, 2.45) is 5.16 Å². The van der Waals surface area contributed by atoms with E-state index in [1.54, 1.807) is 0 Å². The molecule has 2 amide bonds. The molecule has 38 heavy (non-hydrogen) atoms. The summed E-state index contributed by atoms with van der Waals surface area (Å²) < 4.78 is 14.7. The molecule has 0 unspecified atom stereocenters. The first-order valence-electron chi connectivity index (χ1n) is 10.2. The standard InChI is InChI=1S/C19H14FN9O5S3.Na/c1-34-27-10(7-5-37-19(21)22-7)15(30)23-11-16(31)28-12(18(32)33)6(4-36-17(11)28)13(35)14-25-24-9-3-2-8(20)26-29(9)14;/h2-3,5,11,17H,4H2,1H3,(H2,21,22)(H,23,30)(H,32,33);/q;+1/p-1/b27-10-;/t11-,17+;/m1./s1. The number of fused-ring (bicyclic) bond motifs is 2. The van der Waals surface area contributed by atoms with E-state index in [9.17, 15) is 23.9 Å². The number of hydrogen-bond donors (Lipinski definition) is 2. The number of nitrogens with zero attached hydrogens (tertiary/aromatic N) is 7. The van der Waals surface area contributed by atoms with Crippen molar-refractivity contribution in [3.63, 3.8) is 0 Å². The van der Waals surface area contributed by atoms with Crippen molar-refractivity contribution in [3.8, 4) is 0 Å². The molecule has 3 aromatic rings. The molecule has 2 atom stereocenters. The number of aliphatic carboxylic acids is 1. The molecule has 5 heterocycles. The van der Waals surface area contributed by atoms with Gasteiger partial charge in [0.1, 0.15) is 24.2 Å². The van der Waals surface area contributed by atoms with E-state index in [4.69, 9.17) is 22.8 Å². The number of amides is 2. The van der Waals surface area contributed by atoms with E-state index in [1.165, 1.54) is 18.6 Å². The maximum absolute atomic E-state index is 13.7. The fourth-order valence-electron chi connectivity index (χ4n) is 3.73. The predicted octanol–water partition coefficient (Wildman–Crippen LogP) is -4.52. The largest absolute Gasteiger partial charge is 1.00 e. The summed E-state index contributed by atoms with van der Waals surface area (Å²) in [6, 6.07) is 1.34. The molecule has 3 aromatic heterocycles. The first kappa shape index (κ1) is 28.0. The molecule has 3 N–H and O–H groups in total. The zero-order valence-electron chi connectivity index (χ0n) is 19.4. The molecule has 19 heteroatoms. The van der Waals surface area contributed by atoms with Crippen LogP contribution in [0.3, 0.4) is 0 Å². The molecule has 14 nitrogen and oxygen atoms in total. The van der Waals surface area contributed by atoms with Crippen molar-refractivity contribution in [1.82, 2.24) is 35.0 Å². The molecule has 0 radical (unpaired) electrons. The third-order valence-electron chi connectivity index (χ3n) is 5.32. The number of halogens is 1. The van der Waals surface area contributed by atoms with E-state index in [0.29, 0.717) is 0 Å². The zero-order chi connectivity index (χ0) is 26.4. The molecule has 2 aliphatic heterocycles. The number of β-lactam (4-membered cyclic amide) rings is 1. The van der Waals surface area contributed by atoms with E-state index < -0.39 is 40.8 Å². The molecule has 0 aromatic carbocycles. The number of aromatic nitrogens is 5. The van der Waals surface area contributed by atoms with E-state index in [2.05, 4.69) is 30.8 Å². The Morgan fingerprint density at radius 2 is 2.13 bits per heavy atom. The molecule has 1 fully saturated rings. The van der Waals surface area contributed by atoms with Crippen molar-refractivity contribution in [2.45, 2.75) is 11.4 Å². The zero-order valence-corrected chi connectivity index (χ0v) is 23.9. The van der Waals surface area contributed by atoms with Crippen molar-refractivity contribution in [2.75, 3.05) is 18.6 Å². The number of hydrogen-bond acceptors (Lipinski definition) is 14. The Labute approximate surface area is 247 Å². The Hall–Kier alpha value is -3.03. The van der Waals surface area contributed by atoms with Crippen LogP contribution in [0.25, 0.3) is 5.65 Å². The minimum absolute atomic E-state index is 0. The SMILES string of the molecule is CO/N=C(\C(=O)N[C@@H]1C(=O)N2C(C(=O)[O-])=C(C(=S)c3nnc4ccc(F)nn34)CS[C@@H]12)c1csc(N)n1.[Na+]. The number of nitrogens with two attached hydrogens (primary N) is 1. The first-order valence-corrected chi connectivity index (χ1v) is 12.5. The molecule has 5 rings (SSSR count). The van der Waals surface area contributed by atoms with Crippen molar-refractivity contribution in [1.29, 1.82) is 0 Å². The normalized spacial score (nSPS) is 18.9. The number of carboxylic acids is 1. The van der Waals surface area contributed by atoms with Gasteiger partial charge in [0, 0.05) is 16.7 Å². The Morgan fingerprint density at radius 1 is 1.37 bits per heavy atom. The van der Waals surface area contributed by atoms with Gasteiger partial charge in [0.25, 0.3) is 11.8 Å². The smallest absolute Gasteiger partial charge is 0.543 e. The van der Waals surface area contributed by atoms with E-state index in [-0.39, 0.29) is 73.8 Å². The van der Waals surface area contributed by atoms with E-state index in [1.807, 2.05) is 0 Å². The van der Waals surface area contributed by atoms with Gasteiger partial charge in [-0.15, -0.1) is 38.4 Å². The Kier molecular flexibility index (Phi) is 8.09. The number of carbonyl (C=O) groups is 3. The fraction of sp³-hybridized carbons (Fsp3) is 0.211. The Balaban J connectivity index is 0.00000336. The predicted molar refractivity (Wildman–Crippen MR) is 130 cm³/mol. The minimum Gasteiger partial charge on any atom is -0.543 e. The van der Waals surface area contributed by atoms with Gasteiger partial charge in [-0.25, -0.2) is 4.98 Å². The molecule has 0 saturated carbocycles. The van der Waals surface area contributed by atoms with Gasteiger partial charge >= 0.3 is 29.6 Å². The van der Waals surface area contributed by atoms with E-state index >= 15 is 0 Å². The summed E-state index contributed by atoms with van der Waals surface area (Å²) in [5.41, 5.74) is 5.32. The van der Waals surface area contributed by atoms with Gasteiger partial charge in [-0.1, -0.05) is 17.4 Å². The van der Waals surface area contributed by atoms with Crippen LogP contribution >= 0.6 is 35.3 Å². The van der Waals surface area contributed by atoms with Gasteiger partial charge in [-0.3, -0.25) is 14.5 Å². The van der Waals surface area contributed by atoms with Gasteiger partial charge in [0.05, 0.1) is 16.5 Å². The molecular weight excluding hydrogens is 572 g/mol. The number of carbonyl (C=O) groups excluding carboxylic acids is 3. The Morgan fingerprint density at radius 3 is 2.79 bits per heavy atom. The van der Waals surface area contributed by atoms with Crippen LogP contribution in [0, 0.1) is 5.95 Å². The number of thiazole rings is 1. The average Bonchev–Trinajstić information content (AvgIpc) is 3.49. The van der Waals surface area contributed by atoms with Crippen LogP contribution in [0.15, 0.2) is 33.9 Å². The monoisotopic (exact) mass is 585 g/mol. The third kappa shape index (κ3) is 4.78. The van der Waals surface area contributed by atoms with Crippen LogP contribution < -0.4 is 45.7 Å². The van der Waals surface area contributed by atoms with Gasteiger partial charge in [-0.05, 0) is 12.1 Å². The molecule has 0 bridgehead atoms. The van der Waals surface area contributed by atoms with Crippen molar-refractivity contribution in [3.05, 3.63) is 46.2 Å². The fourth-order valence-corrected chi connectivity index (χ4v) is 6.02. The number of rotatable bonds is 7. The number of carboxylic acid groups (broad SMARTS) is 1. The van der Waals surface area contributed by atoms with Crippen LogP contribution in [-0.4, -0.2) is 82.3 Å². The molecule has 2 aliphatic rings. The van der Waals surface area contributed by atoms with Crippen LogP contribution in [0.4, 0.5) is 9.52 Å². The van der Waals surface area contributed by atoms with E-state index in [0.717, 1.165) is 38.6 Å². The van der Waals surface area contributed by atoms with Gasteiger partial charge in [0.15, 0.2) is 22.3 Å². The third-order valence-corrected chi connectivity index (χ3v) is 7.70. The topological polar surface area (TPSA) is 193 Å². The summed E-state index contributed by atoms with van der Waals surface area (Å²) in [6.45, 7) is 0. The number of nitrogens with one attached hydrogen (secondary N) is 1. The van der Waals surface area contributed by atoms with Crippen LogP contribution in [0.2, 0.25) is 0 Å². The van der Waals surface area contributed by atoms with Crippen molar-refractivity contribution >= 4 is 74.5 Å². The second kappa shape index (κ2) is 11.0. The maximum atomic E-state index is 13.7. The van der Waals surface area contributed by atoms with Gasteiger partial charge < -0.3 is 25.8 Å². The molecule has 1 saturated heterocycles. The summed E-state index contributed by atoms with van der Waals surface area (Å²) >= 11 is 7.67. The summed E-state index contributed by atoms with van der Waals surface area (Å²) in [7, 11) is 1.24. The van der Waals surface area contributed by atoms with Gasteiger partial charge in [-0.2, -0.15) is 8.91 Å². The quantitative estimate of drug-likeness (QED) is 0.0675. The minimum atomic E-state index is -1.66. The summed E-state index contributed by atoms with van der Waals surface area (Å²) in [5, 5.41) is 30.7. The summed E-state index contributed by atoms with van der Waals surface area (Å²) in [5.74, 6) is -4.01. The number of nitrogen functional groups attached to an aromatic ring is 1.